The summed E-state index contributed by atoms with van der Waals surface area (Å²) < 4.78 is 0. The van der Waals surface area contributed by atoms with E-state index in [1.165, 1.54) is 23.5 Å². The molecule has 2 aromatic rings. The van der Waals surface area contributed by atoms with Gasteiger partial charge in [-0.1, -0.05) is 11.8 Å². The van der Waals surface area contributed by atoms with Gasteiger partial charge in [-0.15, -0.1) is 5.11 Å². The van der Waals surface area contributed by atoms with Crippen molar-refractivity contribution >= 4 is 29.4 Å². The van der Waals surface area contributed by atoms with E-state index in [2.05, 4.69) is 30.2 Å². The lowest BCUT2D eigenvalue weighted by molar-refractivity contribution is -0.114. The van der Waals surface area contributed by atoms with Gasteiger partial charge < -0.3 is 0 Å². The molecule has 0 unspecified atom stereocenters. The first kappa shape index (κ1) is 13.8. The second-order valence-corrected chi connectivity index (χ2v) is 5.76. The van der Waals surface area contributed by atoms with E-state index in [1.807, 2.05) is 0 Å². The van der Waals surface area contributed by atoms with Gasteiger partial charge >= 0.3 is 5.91 Å². The molecule has 0 fully saturated rings. The van der Waals surface area contributed by atoms with E-state index >= 15 is 0 Å². The maximum Gasteiger partial charge on any atom is 0.302 e. The van der Waals surface area contributed by atoms with E-state index in [9.17, 15) is 4.79 Å². The quantitative estimate of drug-likeness (QED) is 0.799. The zero-order valence-electron chi connectivity index (χ0n) is 10.6. The molecule has 3 rings (SSSR count). The number of hydrogen-bond acceptors (Lipinski definition) is 8. The molecule has 0 saturated carbocycles. The predicted molar refractivity (Wildman–Crippen MR) is 77.5 cm³/mol. The molecule has 0 atom stereocenters. The number of aromatic nitrogens is 4. The van der Waals surface area contributed by atoms with Crippen molar-refractivity contribution in [2.24, 2.45) is 10.2 Å². The van der Waals surface area contributed by atoms with Crippen molar-refractivity contribution in [2.75, 3.05) is 6.54 Å². The van der Waals surface area contributed by atoms with E-state index in [-0.39, 0.29) is 0 Å². The Kier molecular flexibility index (Phi) is 4.31. The molecular formula is C12H8N6OS2. The molecule has 7 nitrogen and oxygen atoms in total. The summed E-state index contributed by atoms with van der Waals surface area (Å²) >= 11 is 2.48. The number of rotatable bonds is 4. The van der Waals surface area contributed by atoms with Crippen LogP contribution in [0, 0.1) is 0 Å². The van der Waals surface area contributed by atoms with Crippen molar-refractivity contribution in [1.29, 1.82) is 0 Å². The van der Waals surface area contributed by atoms with Crippen molar-refractivity contribution in [3.8, 4) is 0 Å². The van der Waals surface area contributed by atoms with Gasteiger partial charge in [0.25, 0.3) is 0 Å². The van der Waals surface area contributed by atoms with Crippen LogP contribution in [0.25, 0.3) is 0 Å². The average molecular weight is 316 g/mol. The predicted octanol–water partition coefficient (Wildman–Crippen LogP) is 2.35. The molecule has 2 aromatic heterocycles. The van der Waals surface area contributed by atoms with E-state index < -0.39 is 5.91 Å². The Morgan fingerprint density at radius 3 is 2.05 bits per heavy atom. The number of amides is 1. The minimum atomic E-state index is -0.392. The molecular weight excluding hydrogens is 308 g/mol. The largest absolute Gasteiger partial charge is 0.302 e. The van der Waals surface area contributed by atoms with Crippen molar-refractivity contribution in [2.45, 2.75) is 10.3 Å². The number of nitrogens with zero attached hydrogens (tertiary/aromatic N) is 6. The molecule has 9 heteroatoms. The summed E-state index contributed by atoms with van der Waals surface area (Å²) in [4.78, 5) is 29.6. The molecule has 104 valence electrons. The summed E-state index contributed by atoms with van der Waals surface area (Å²) in [6.45, 7) is 0.323. The Balaban J connectivity index is 1.88. The van der Waals surface area contributed by atoms with Crippen molar-refractivity contribution in [3.05, 3.63) is 46.7 Å². The van der Waals surface area contributed by atoms with Gasteiger partial charge in [0, 0.05) is 29.7 Å². The minimum absolute atomic E-state index is 0.323. The SMILES string of the molecule is O=C1N=NCC(Sc2ncccn2)=C1Sc1ncccn1. The minimum Gasteiger partial charge on any atom is -0.264 e. The van der Waals surface area contributed by atoms with Gasteiger partial charge in [-0.25, -0.2) is 19.9 Å². The van der Waals surface area contributed by atoms with Crippen molar-refractivity contribution in [3.63, 3.8) is 0 Å². The zero-order valence-corrected chi connectivity index (χ0v) is 12.2. The fourth-order valence-electron chi connectivity index (χ4n) is 1.46. The van der Waals surface area contributed by atoms with Crippen LogP contribution in [0.3, 0.4) is 0 Å². The number of carbonyl (C=O) groups is 1. The van der Waals surface area contributed by atoms with Gasteiger partial charge in [0.05, 0.1) is 11.4 Å². The van der Waals surface area contributed by atoms with Crippen molar-refractivity contribution in [1.82, 2.24) is 19.9 Å². The molecule has 0 aliphatic carbocycles. The molecule has 0 N–H and O–H groups in total. The van der Waals surface area contributed by atoms with Crippen molar-refractivity contribution < 1.29 is 4.79 Å². The summed E-state index contributed by atoms with van der Waals surface area (Å²) in [6, 6.07) is 3.45. The van der Waals surface area contributed by atoms with Crippen LogP contribution in [-0.4, -0.2) is 32.4 Å². The van der Waals surface area contributed by atoms with Gasteiger partial charge in [0.2, 0.25) is 0 Å². The molecule has 21 heavy (non-hydrogen) atoms. The van der Waals surface area contributed by atoms with E-state index in [1.54, 1.807) is 36.9 Å². The van der Waals surface area contributed by atoms with Crippen LogP contribution >= 0.6 is 23.5 Å². The van der Waals surface area contributed by atoms with Gasteiger partial charge in [-0.3, -0.25) is 4.79 Å². The third-order valence-electron chi connectivity index (χ3n) is 2.32. The highest BCUT2D eigenvalue weighted by Gasteiger charge is 2.23. The van der Waals surface area contributed by atoms with Crippen LogP contribution in [0.1, 0.15) is 0 Å². The summed E-state index contributed by atoms with van der Waals surface area (Å²) in [5, 5.41) is 8.46. The number of carbonyl (C=O) groups excluding carboxylic acids is 1. The van der Waals surface area contributed by atoms with Crippen LogP contribution in [0.5, 0.6) is 0 Å². The molecule has 1 aliphatic heterocycles. The molecule has 0 spiro atoms. The zero-order chi connectivity index (χ0) is 14.5. The van der Waals surface area contributed by atoms with Gasteiger partial charge in [-0.05, 0) is 23.9 Å². The molecule has 0 bridgehead atoms. The first-order valence-corrected chi connectivity index (χ1v) is 7.51. The first-order chi connectivity index (χ1) is 10.3. The molecule has 3 heterocycles. The molecule has 0 radical (unpaired) electrons. The highest BCUT2D eigenvalue weighted by molar-refractivity contribution is 8.07. The highest BCUT2D eigenvalue weighted by atomic mass is 32.2. The van der Waals surface area contributed by atoms with Crippen LogP contribution in [0.15, 0.2) is 67.3 Å². The highest BCUT2D eigenvalue weighted by Crippen LogP contribution is 2.36. The third-order valence-corrected chi connectivity index (χ3v) is 4.44. The third kappa shape index (κ3) is 3.50. The second-order valence-electron chi connectivity index (χ2n) is 3.72. The van der Waals surface area contributed by atoms with Crippen LogP contribution in [0.2, 0.25) is 0 Å². The summed E-state index contributed by atoms with van der Waals surface area (Å²) in [7, 11) is 0. The van der Waals surface area contributed by atoms with Gasteiger partial charge in [-0.2, -0.15) is 5.11 Å². The summed E-state index contributed by atoms with van der Waals surface area (Å²) in [5.41, 5.74) is 0. The Hall–Kier alpha value is -2.13. The van der Waals surface area contributed by atoms with Crippen LogP contribution in [-0.2, 0) is 4.79 Å². The maximum absolute atomic E-state index is 12.0. The van der Waals surface area contributed by atoms with E-state index in [0.29, 0.717) is 21.8 Å². The molecule has 1 aliphatic rings. The Morgan fingerprint density at radius 1 is 0.857 bits per heavy atom. The standard InChI is InChI=1S/C12H8N6OS2/c19-10-9(21-12-15-5-2-6-16-12)8(7-17-18-10)20-11-13-3-1-4-14-11/h1-6H,7H2. The Labute approximate surface area is 128 Å². The van der Waals surface area contributed by atoms with Crippen LogP contribution < -0.4 is 0 Å². The molecule has 1 amide bonds. The van der Waals surface area contributed by atoms with E-state index in [4.69, 9.17) is 0 Å². The summed E-state index contributed by atoms with van der Waals surface area (Å²) in [5.74, 6) is -0.392. The molecule has 0 saturated heterocycles. The van der Waals surface area contributed by atoms with Gasteiger partial charge in [0.15, 0.2) is 10.3 Å². The maximum atomic E-state index is 12.0. The normalized spacial score (nSPS) is 14.6. The van der Waals surface area contributed by atoms with Gasteiger partial charge in [0.1, 0.15) is 0 Å². The smallest absolute Gasteiger partial charge is 0.264 e. The van der Waals surface area contributed by atoms with Crippen LogP contribution in [0.4, 0.5) is 0 Å². The van der Waals surface area contributed by atoms with E-state index in [0.717, 1.165) is 4.91 Å². The monoisotopic (exact) mass is 316 g/mol. The lowest BCUT2D eigenvalue weighted by atomic mass is 10.4. The fraction of sp³-hybridized carbons (Fsp3) is 0.0833. The summed E-state index contributed by atoms with van der Waals surface area (Å²) in [6.07, 6.45) is 6.54. The average Bonchev–Trinajstić information content (AvgIpc) is 2.53. The first-order valence-electron chi connectivity index (χ1n) is 5.87. The Bertz CT molecular complexity index is 704. The number of thioether (sulfide) groups is 2. The topological polar surface area (TPSA) is 93.3 Å². The fourth-order valence-corrected chi connectivity index (χ4v) is 3.17. The number of hydrogen-bond donors (Lipinski definition) is 0. The second kappa shape index (κ2) is 6.55. The lowest BCUT2D eigenvalue weighted by Crippen LogP contribution is -2.06. The lowest BCUT2D eigenvalue weighted by Gasteiger charge is -2.11. The molecule has 0 aromatic carbocycles. The Morgan fingerprint density at radius 2 is 1.43 bits per heavy atom. The number of azo groups is 1.